The number of furan rings is 1. The summed E-state index contributed by atoms with van der Waals surface area (Å²) < 4.78 is 37.3. The van der Waals surface area contributed by atoms with Gasteiger partial charge in [-0.15, -0.1) is 0 Å². The van der Waals surface area contributed by atoms with Gasteiger partial charge in [0.05, 0.1) is 23.3 Å². The van der Waals surface area contributed by atoms with Gasteiger partial charge in [-0.2, -0.15) is 0 Å². The smallest absolute Gasteiger partial charge is 0.338 e. The van der Waals surface area contributed by atoms with E-state index >= 15 is 0 Å². The Morgan fingerprint density at radius 2 is 1.96 bits per heavy atom. The van der Waals surface area contributed by atoms with Crippen LogP contribution in [-0.4, -0.2) is 26.3 Å². The van der Waals surface area contributed by atoms with Crippen LogP contribution < -0.4 is 4.72 Å². The van der Waals surface area contributed by atoms with E-state index < -0.39 is 22.1 Å². The molecule has 138 valence electrons. The lowest BCUT2D eigenvalue weighted by Gasteiger charge is -2.20. The molecule has 0 aliphatic heterocycles. The number of carbonyl (C=O) groups is 2. The number of rotatable bonds is 6. The molecule has 0 amide bonds. The van der Waals surface area contributed by atoms with Gasteiger partial charge in [0, 0.05) is 6.42 Å². The highest BCUT2D eigenvalue weighted by Gasteiger charge is 2.26. The molecule has 1 N–H and O–H groups in total. The molecular weight excluding hydrogens is 358 g/mol. The zero-order valence-electron chi connectivity index (χ0n) is 14.0. The Labute approximate surface area is 151 Å². The van der Waals surface area contributed by atoms with Gasteiger partial charge in [-0.05, 0) is 55.7 Å². The molecule has 1 atom stereocenters. The SMILES string of the molecule is O=C(O[C@H]1CCCCC1=O)c1ccc(S(=O)(=O)NCc2ccco2)cc1. The van der Waals surface area contributed by atoms with Crippen molar-refractivity contribution in [3.05, 3.63) is 54.0 Å². The molecule has 26 heavy (non-hydrogen) atoms. The number of ketones is 1. The Morgan fingerprint density at radius 1 is 1.19 bits per heavy atom. The quantitative estimate of drug-likeness (QED) is 0.776. The van der Waals surface area contributed by atoms with Crippen molar-refractivity contribution in [2.75, 3.05) is 0 Å². The van der Waals surface area contributed by atoms with E-state index in [-0.39, 0.29) is 22.8 Å². The maximum atomic E-state index is 12.3. The fourth-order valence-corrected chi connectivity index (χ4v) is 3.70. The fraction of sp³-hybridized carbons (Fsp3) is 0.333. The number of nitrogens with one attached hydrogen (secondary N) is 1. The third kappa shape index (κ3) is 4.39. The topological polar surface area (TPSA) is 103 Å². The number of ether oxygens (including phenoxy) is 1. The molecule has 0 radical (unpaired) electrons. The molecule has 0 saturated heterocycles. The van der Waals surface area contributed by atoms with Crippen LogP contribution in [0, 0.1) is 0 Å². The Kier molecular flexibility index (Phi) is 5.53. The summed E-state index contributed by atoms with van der Waals surface area (Å²) in [4.78, 5) is 23.9. The Morgan fingerprint density at radius 3 is 2.62 bits per heavy atom. The summed E-state index contributed by atoms with van der Waals surface area (Å²) in [5.41, 5.74) is 0.202. The molecule has 0 unspecified atom stereocenters. The number of esters is 1. The van der Waals surface area contributed by atoms with Crippen molar-refractivity contribution >= 4 is 21.8 Å². The fourth-order valence-electron chi connectivity index (χ4n) is 2.71. The molecule has 1 saturated carbocycles. The average molecular weight is 377 g/mol. The second-order valence-corrected chi connectivity index (χ2v) is 7.80. The van der Waals surface area contributed by atoms with Gasteiger partial charge in [-0.25, -0.2) is 17.9 Å². The van der Waals surface area contributed by atoms with E-state index in [2.05, 4.69) is 4.72 Å². The number of hydrogen-bond donors (Lipinski definition) is 1. The molecule has 7 nitrogen and oxygen atoms in total. The van der Waals surface area contributed by atoms with E-state index in [4.69, 9.17) is 9.15 Å². The lowest BCUT2D eigenvalue weighted by Crippen LogP contribution is -2.30. The molecule has 2 aromatic rings. The van der Waals surface area contributed by atoms with Gasteiger partial charge in [0.25, 0.3) is 0 Å². The third-order valence-electron chi connectivity index (χ3n) is 4.16. The van der Waals surface area contributed by atoms with Crippen molar-refractivity contribution in [2.45, 2.75) is 43.2 Å². The first-order valence-electron chi connectivity index (χ1n) is 8.31. The standard InChI is InChI=1S/C18H19NO6S/c20-16-5-1-2-6-17(16)25-18(21)13-7-9-15(10-8-13)26(22,23)19-12-14-4-3-11-24-14/h3-4,7-11,17,19H,1-2,5-6,12H2/t17-/m0/s1. The highest BCUT2D eigenvalue weighted by atomic mass is 32.2. The molecule has 0 bridgehead atoms. The van der Waals surface area contributed by atoms with Gasteiger partial charge in [0.2, 0.25) is 10.0 Å². The predicted molar refractivity (Wildman–Crippen MR) is 91.9 cm³/mol. The van der Waals surface area contributed by atoms with Crippen molar-refractivity contribution in [2.24, 2.45) is 0 Å². The van der Waals surface area contributed by atoms with Gasteiger partial charge in [-0.3, -0.25) is 4.79 Å². The van der Waals surface area contributed by atoms with Crippen LogP contribution in [0.5, 0.6) is 0 Å². The van der Waals surface area contributed by atoms with E-state index in [1.54, 1.807) is 12.1 Å². The van der Waals surface area contributed by atoms with Crippen molar-refractivity contribution in [3.8, 4) is 0 Å². The predicted octanol–water partition coefficient (Wildman–Crippen LogP) is 2.43. The van der Waals surface area contributed by atoms with Gasteiger partial charge < -0.3 is 9.15 Å². The Hall–Kier alpha value is -2.45. The number of hydrogen-bond acceptors (Lipinski definition) is 6. The van der Waals surface area contributed by atoms with Crippen molar-refractivity contribution < 1.29 is 27.2 Å². The van der Waals surface area contributed by atoms with Crippen LogP contribution in [0.1, 0.15) is 41.8 Å². The highest BCUT2D eigenvalue weighted by molar-refractivity contribution is 7.89. The lowest BCUT2D eigenvalue weighted by molar-refractivity contribution is -0.129. The second-order valence-electron chi connectivity index (χ2n) is 6.03. The lowest BCUT2D eigenvalue weighted by atomic mass is 9.96. The van der Waals surface area contributed by atoms with Crippen LogP contribution in [0.25, 0.3) is 0 Å². The van der Waals surface area contributed by atoms with Crippen LogP contribution >= 0.6 is 0 Å². The number of sulfonamides is 1. The minimum absolute atomic E-state index is 0.0225. The molecule has 3 rings (SSSR count). The minimum Gasteiger partial charge on any atom is -0.468 e. The van der Waals surface area contributed by atoms with E-state index in [1.807, 2.05) is 0 Å². The summed E-state index contributed by atoms with van der Waals surface area (Å²) in [6.45, 7) is 0.0307. The first-order valence-corrected chi connectivity index (χ1v) is 9.80. The molecule has 1 aromatic carbocycles. The van der Waals surface area contributed by atoms with Gasteiger partial charge in [-0.1, -0.05) is 0 Å². The van der Waals surface area contributed by atoms with Crippen molar-refractivity contribution in [1.82, 2.24) is 4.72 Å². The zero-order valence-corrected chi connectivity index (χ0v) is 14.8. The Bertz CT molecular complexity index is 871. The normalized spacial score (nSPS) is 17.8. The summed E-state index contributed by atoms with van der Waals surface area (Å²) >= 11 is 0. The molecule has 1 aromatic heterocycles. The van der Waals surface area contributed by atoms with Gasteiger partial charge in [0.15, 0.2) is 11.9 Å². The Balaban J connectivity index is 1.63. The molecule has 1 aliphatic rings. The van der Waals surface area contributed by atoms with Crippen molar-refractivity contribution in [3.63, 3.8) is 0 Å². The van der Waals surface area contributed by atoms with E-state index in [1.165, 1.54) is 30.5 Å². The number of benzene rings is 1. The van der Waals surface area contributed by atoms with E-state index in [0.29, 0.717) is 18.6 Å². The maximum absolute atomic E-state index is 12.3. The largest absolute Gasteiger partial charge is 0.468 e. The van der Waals surface area contributed by atoms with Crippen LogP contribution in [0.15, 0.2) is 52.0 Å². The molecule has 1 aliphatic carbocycles. The maximum Gasteiger partial charge on any atom is 0.338 e. The second kappa shape index (κ2) is 7.84. The highest BCUT2D eigenvalue weighted by Crippen LogP contribution is 2.19. The summed E-state index contributed by atoms with van der Waals surface area (Å²) in [6, 6.07) is 8.72. The zero-order chi connectivity index (χ0) is 18.6. The average Bonchev–Trinajstić information content (AvgIpc) is 3.16. The molecule has 8 heteroatoms. The molecular formula is C18H19NO6S. The summed E-state index contributed by atoms with van der Waals surface area (Å²) in [5.74, 6) is -0.199. The van der Waals surface area contributed by atoms with Crippen LogP contribution in [0.2, 0.25) is 0 Å². The third-order valence-corrected chi connectivity index (χ3v) is 5.58. The van der Waals surface area contributed by atoms with E-state index in [0.717, 1.165) is 12.8 Å². The summed E-state index contributed by atoms with van der Waals surface area (Å²) in [5, 5.41) is 0. The monoisotopic (exact) mass is 377 g/mol. The molecule has 1 fully saturated rings. The summed E-state index contributed by atoms with van der Waals surface area (Å²) in [7, 11) is -3.73. The summed E-state index contributed by atoms with van der Waals surface area (Å²) in [6.07, 6.45) is 3.40. The first kappa shape index (κ1) is 18.3. The van der Waals surface area contributed by atoms with Gasteiger partial charge in [0.1, 0.15) is 5.76 Å². The minimum atomic E-state index is -3.73. The van der Waals surface area contributed by atoms with E-state index in [9.17, 15) is 18.0 Å². The van der Waals surface area contributed by atoms with Crippen LogP contribution in [0.3, 0.4) is 0 Å². The number of carbonyl (C=O) groups excluding carboxylic acids is 2. The van der Waals surface area contributed by atoms with Crippen LogP contribution in [-0.2, 0) is 26.1 Å². The number of Topliss-reactive ketones (excluding diaryl/α,β-unsaturated/α-hetero) is 1. The van der Waals surface area contributed by atoms with Crippen LogP contribution in [0.4, 0.5) is 0 Å². The first-order chi connectivity index (χ1) is 12.5. The van der Waals surface area contributed by atoms with Crippen molar-refractivity contribution in [1.29, 1.82) is 0 Å². The molecule has 1 heterocycles. The molecule has 0 spiro atoms. The van der Waals surface area contributed by atoms with Gasteiger partial charge >= 0.3 is 5.97 Å².